The fraction of sp³-hybridized carbons (Fsp3) is 0.538. The van der Waals surface area contributed by atoms with Crippen LogP contribution in [-0.2, 0) is 6.18 Å². The fourth-order valence-electron chi connectivity index (χ4n) is 2.24. The van der Waals surface area contributed by atoms with Gasteiger partial charge in [0.05, 0.1) is 11.5 Å². The van der Waals surface area contributed by atoms with Crippen molar-refractivity contribution >= 4 is 5.69 Å². The van der Waals surface area contributed by atoms with E-state index in [2.05, 4.69) is 6.07 Å². The average Bonchev–Trinajstić information content (AvgIpc) is 2.37. The predicted molar refractivity (Wildman–Crippen MR) is 61.3 cm³/mol. The van der Waals surface area contributed by atoms with Gasteiger partial charge in [0.25, 0.3) is 0 Å². The molecule has 1 fully saturated rings. The van der Waals surface area contributed by atoms with Crippen molar-refractivity contribution in [2.45, 2.75) is 25.2 Å². The van der Waals surface area contributed by atoms with E-state index in [9.17, 15) is 26.3 Å². The molecule has 0 N–H and O–H groups in total. The molecule has 1 saturated heterocycles. The summed E-state index contributed by atoms with van der Waals surface area (Å²) in [5.41, 5.74) is -0.412. The molecule has 0 atom stereocenters. The van der Waals surface area contributed by atoms with Gasteiger partial charge in [0, 0.05) is 24.8 Å². The summed E-state index contributed by atoms with van der Waals surface area (Å²) in [4.78, 5) is 1.63. The highest BCUT2D eigenvalue weighted by Crippen LogP contribution is 2.36. The Morgan fingerprint density at radius 3 is 2.00 bits per heavy atom. The van der Waals surface area contributed by atoms with Gasteiger partial charge in [0.15, 0.2) is 0 Å². The number of hydrogen-bond donors (Lipinski definition) is 0. The lowest BCUT2D eigenvalue weighted by molar-refractivity contribution is -0.179. The number of anilines is 1. The summed E-state index contributed by atoms with van der Waals surface area (Å²) in [5, 5.41) is 0. The molecule has 1 aromatic rings. The molecule has 111 valence electrons. The molecular weight excluding hydrogens is 284 g/mol. The van der Waals surface area contributed by atoms with Gasteiger partial charge in [-0.2, -0.15) is 26.3 Å². The highest BCUT2D eigenvalue weighted by Gasteiger charge is 2.41. The van der Waals surface area contributed by atoms with Gasteiger partial charge in [-0.25, -0.2) is 0 Å². The first-order valence-corrected chi connectivity index (χ1v) is 6.08. The van der Waals surface area contributed by atoms with E-state index in [0.29, 0.717) is 5.69 Å². The Hall–Kier alpha value is -1.40. The topological polar surface area (TPSA) is 3.24 Å². The van der Waals surface area contributed by atoms with Crippen molar-refractivity contribution in [3.05, 3.63) is 29.8 Å². The smallest absolute Gasteiger partial charge is 0.371 e. The van der Waals surface area contributed by atoms with Crippen LogP contribution in [0.25, 0.3) is 0 Å². The van der Waals surface area contributed by atoms with Crippen LogP contribution in [0.4, 0.5) is 32.0 Å². The number of benzene rings is 1. The lowest BCUT2D eigenvalue weighted by Crippen LogP contribution is -2.39. The van der Waals surface area contributed by atoms with Crippen LogP contribution in [0.3, 0.4) is 0 Å². The Balaban J connectivity index is 2.01. The van der Waals surface area contributed by atoms with Gasteiger partial charge in [-0.1, -0.05) is 0 Å². The lowest BCUT2D eigenvalue weighted by atomic mass is 9.96. The Kier molecular flexibility index (Phi) is 3.88. The second-order valence-corrected chi connectivity index (χ2v) is 4.76. The first kappa shape index (κ1) is 15.0. The number of halogens is 6. The highest BCUT2D eigenvalue weighted by molar-refractivity contribution is 5.47. The molecule has 1 radical (unpaired) electrons. The van der Waals surface area contributed by atoms with E-state index in [1.54, 1.807) is 4.90 Å². The van der Waals surface area contributed by atoms with Crippen LogP contribution in [0.2, 0.25) is 0 Å². The number of alkyl halides is 6. The van der Waals surface area contributed by atoms with Crippen LogP contribution in [0.1, 0.15) is 18.4 Å². The maximum absolute atomic E-state index is 12.5. The molecule has 2 rings (SSSR count). The molecule has 0 spiro atoms. The van der Waals surface area contributed by atoms with Crippen LogP contribution in [0.15, 0.2) is 18.2 Å². The van der Waals surface area contributed by atoms with Crippen LogP contribution < -0.4 is 4.90 Å². The monoisotopic (exact) mass is 296 g/mol. The fourth-order valence-corrected chi connectivity index (χ4v) is 2.24. The van der Waals surface area contributed by atoms with E-state index in [0.717, 1.165) is 12.1 Å². The second kappa shape index (κ2) is 5.18. The molecule has 1 nitrogen and oxygen atoms in total. The largest absolute Gasteiger partial charge is 0.416 e. The molecule has 7 heteroatoms. The van der Waals surface area contributed by atoms with Gasteiger partial charge in [-0.15, -0.1) is 0 Å². The normalized spacial score (nSPS) is 18.4. The molecule has 0 aliphatic carbocycles. The predicted octanol–water partition coefficient (Wildman–Crippen LogP) is 4.28. The number of hydrogen-bond acceptors (Lipinski definition) is 1. The third-order valence-corrected chi connectivity index (χ3v) is 3.42. The molecule has 0 saturated carbocycles. The number of nitrogens with zero attached hydrogens (tertiary/aromatic N) is 1. The summed E-state index contributed by atoms with van der Waals surface area (Å²) in [6.45, 7) is 0.345. The van der Waals surface area contributed by atoms with Crippen molar-refractivity contribution in [1.29, 1.82) is 0 Å². The van der Waals surface area contributed by atoms with E-state index < -0.39 is 23.8 Å². The summed E-state index contributed by atoms with van der Waals surface area (Å²) in [5.74, 6) is -1.33. The molecule has 0 aromatic heterocycles. The Labute approximate surface area is 112 Å². The van der Waals surface area contributed by atoms with Gasteiger partial charge in [0.1, 0.15) is 0 Å². The van der Waals surface area contributed by atoms with Gasteiger partial charge < -0.3 is 4.90 Å². The Bertz CT molecular complexity index is 439. The van der Waals surface area contributed by atoms with Gasteiger partial charge >= 0.3 is 12.4 Å². The third-order valence-electron chi connectivity index (χ3n) is 3.42. The Morgan fingerprint density at radius 1 is 1.00 bits per heavy atom. The molecule has 20 heavy (non-hydrogen) atoms. The molecule has 1 aliphatic heterocycles. The molecular formula is C13H12F6N. The standard InChI is InChI=1S/C13H12F6N/c14-12(15,16)9-1-3-11(4-2-9)20-7-5-10(6-8-20)13(17,18)19/h1-3,10H,5-8H2. The second-order valence-electron chi connectivity index (χ2n) is 4.76. The third kappa shape index (κ3) is 3.37. The van der Waals surface area contributed by atoms with Crippen molar-refractivity contribution in [1.82, 2.24) is 0 Å². The summed E-state index contributed by atoms with van der Waals surface area (Å²) >= 11 is 0. The van der Waals surface area contributed by atoms with Gasteiger partial charge in [-0.3, -0.25) is 0 Å². The van der Waals surface area contributed by atoms with Crippen LogP contribution in [0.5, 0.6) is 0 Å². The molecule has 1 aromatic carbocycles. The van der Waals surface area contributed by atoms with E-state index in [-0.39, 0.29) is 25.9 Å². The maximum Gasteiger partial charge on any atom is 0.416 e. The van der Waals surface area contributed by atoms with E-state index in [1.807, 2.05) is 0 Å². The van der Waals surface area contributed by atoms with E-state index in [1.165, 1.54) is 6.07 Å². The van der Waals surface area contributed by atoms with Crippen molar-refractivity contribution < 1.29 is 26.3 Å². The quantitative estimate of drug-likeness (QED) is 0.699. The zero-order valence-electron chi connectivity index (χ0n) is 10.4. The zero-order chi connectivity index (χ0) is 15.0. The molecule has 0 unspecified atom stereocenters. The first-order valence-electron chi connectivity index (χ1n) is 6.08. The summed E-state index contributed by atoms with van der Waals surface area (Å²) in [6.07, 6.45) is -8.72. The van der Waals surface area contributed by atoms with Crippen molar-refractivity contribution in [2.24, 2.45) is 5.92 Å². The van der Waals surface area contributed by atoms with Crippen LogP contribution in [0, 0.1) is 12.0 Å². The van der Waals surface area contributed by atoms with Gasteiger partial charge in [0.2, 0.25) is 0 Å². The minimum Gasteiger partial charge on any atom is -0.371 e. The number of piperidine rings is 1. The zero-order valence-corrected chi connectivity index (χ0v) is 10.4. The summed E-state index contributed by atoms with van der Waals surface area (Å²) < 4.78 is 74.7. The minimum absolute atomic E-state index is 0.0433. The van der Waals surface area contributed by atoms with Crippen molar-refractivity contribution in [3.63, 3.8) is 0 Å². The van der Waals surface area contributed by atoms with Gasteiger partial charge in [-0.05, 0) is 31.0 Å². The lowest BCUT2D eigenvalue weighted by Gasteiger charge is -2.34. The first-order chi connectivity index (χ1) is 9.18. The Morgan fingerprint density at radius 2 is 1.60 bits per heavy atom. The van der Waals surface area contributed by atoms with Crippen molar-refractivity contribution in [3.8, 4) is 0 Å². The summed E-state index contributed by atoms with van der Waals surface area (Å²) in [6, 6.07) is 5.48. The average molecular weight is 296 g/mol. The maximum atomic E-state index is 12.5. The van der Waals surface area contributed by atoms with Crippen LogP contribution >= 0.6 is 0 Å². The molecule has 0 amide bonds. The van der Waals surface area contributed by atoms with Crippen LogP contribution in [-0.4, -0.2) is 19.3 Å². The molecule has 0 bridgehead atoms. The number of rotatable bonds is 1. The van der Waals surface area contributed by atoms with Crippen molar-refractivity contribution in [2.75, 3.05) is 18.0 Å². The van der Waals surface area contributed by atoms with E-state index >= 15 is 0 Å². The molecule has 1 heterocycles. The highest BCUT2D eigenvalue weighted by atomic mass is 19.4. The van der Waals surface area contributed by atoms with E-state index in [4.69, 9.17) is 0 Å². The minimum atomic E-state index is -4.43. The molecule has 1 aliphatic rings. The summed E-state index contributed by atoms with van der Waals surface area (Å²) in [7, 11) is 0. The SMILES string of the molecule is FC(F)(F)c1c[c]c(N2CCC(C(F)(F)F)CC2)cc1.